The maximum absolute atomic E-state index is 13.4. The van der Waals surface area contributed by atoms with Gasteiger partial charge in [0.25, 0.3) is 10.1 Å². The van der Waals surface area contributed by atoms with E-state index in [1.165, 1.54) is 11.2 Å². The number of nitrogen functional groups attached to an aromatic ring is 1. The first kappa shape index (κ1) is 33.9. The van der Waals surface area contributed by atoms with E-state index in [2.05, 4.69) is 15.0 Å². The van der Waals surface area contributed by atoms with Gasteiger partial charge in [-0.1, -0.05) is 54.1 Å². The summed E-state index contributed by atoms with van der Waals surface area (Å²) in [6, 6.07) is 16.7. The molecule has 6 rings (SSSR count). The van der Waals surface area contributed by atoms with E-state index in [-0.39, 0.29) is 38.1 Å². The van der Waals surface area contributed by atoms with Crippen LogP contribution in [0.3, 0.4) is 0 Å². The smallest absolute Gasteiger partial charge is 0.410 e. The van der Waals surface area contributed by atoms with Gasteiger partial charge in [-0.2, -0.15) is 18.4 Å². The SMILES string of the molecule is CC(C)(C)OC(=O)N1C[C@H]2[C@H](n3cnc4c(OCc5ccccc5)nc(N)nc43)O[C@@](COS(C)(=O)=O)(C1)[C@H]2OCc1ccc(Cl)cc1. The van der Waals surface area contributed by atoms with Crippen LogP contribution in [-0.2, 0) is 41.7 Å². The molecule has 0 saturated carbocycles. The fraction of sp³-hybridized carbons (Fsp3) is 0.438. The molecule has 4 aromatic rings. The van der Waals surface area contributed by atoms with Crippen LogP contribution in [0.25, 0.3) is 11.2 Å². The molecule has 1 amide bonds. The van der Waals surface area contributed by atoms with E-state index in [0.717, 1.165) is 17.4 Å². The lowest BCUT2D eigenvalue weighted by Gasteiger charge is -2.43. The molecule has 2 fully saturated rings. The highest BCUT2D eigenvalue weighted by Crippen LogP contribution is 2.49. The second-order valence-electron chi connectivity index (χ2n) is 12.9. The molecule has 2 saturated heterocycles. The zero-order chi connectivity index (χ0) is 34.3. The Bertz CT molecular complexity index is 1890. The molecule has 0 radical (unpaired) electrons. The largest absolute Gasteiger partial charge is 0.471 e. The molecular formula is C32H37ClN6O8S. The third-order valence-corrected chi connectivity index (χ3v) is 8.73. The molecule has 2 bridgehead atoms. The van der Waals surface area contributed by atoms with Gasteiger partial charge in [-0.3, -0.25) is 8.75 Å². The van der Waals surface area contributed by atoms with Crippen molar-refractivity contribution in [2.45, 2.75) is 57.5 Å². The normalized spacial score (nSPS) is 22.6. The Morgan fingerprint density at radius 1 is 1.08 bits per heavy atom. The van der Waals surface area contributed by atoms with Gasteiger partial charge in [-0.05, 0) is 44.0 Å². The summed E-state index contributed by atoms with van der Waals surface area (Å²) < 4.78 is 56.6. The minimum absolute atomic E-state index is 0.0469. The molecule has 256 valence electrons. The van der Waals surface area contributed by atoms with Crippen molar-refractivity contribution in [2.75, 3.05) is 31.7 Å². The number of nitrogens with zero attached hydrogens (tertiary/aromatic N) is 5. The Labute approximate surface area is 283 Å². The summed E-state index contributed by atoms with van der Waals surface area (Å²) >= 11 is 6.09. The second kappa shape index (κ2) is 13.1. The van der Waals surface area contributed by atoms with Crippen molar-refractivity contribution < 1.29 is 36.3 Å². The van der Waals surface area contributed by atoms with Crippen LogP contribution in [-0.4, -0.2) is 82.2 Å². The molecular weight excluding hydrogens is 664 g/mol. The number of anilines is 1. The van der Waals surface area contributed by atoms with Gasteiger partial charge in [0, 0.05) is 11.6 Å². The van der Waals surface area contributed by atoms with Crippen LogP contribution in [0.4, 0.5) is 10.7 Å². The average Bonchev–Trinajstić information content (AvgIpc) is 3.51. The average molecular weight is 701 g/mol. The lowest BCUT2D eigenvalue weighted by Crippen LogP contribution is -2.61. The zero-order valence-electron chi connectivity index (χ0n) is 26.9. The fourth-order valence-electron chi connectivity index (χ4n) is 5.95. The fourth-order valence-corrected chi connectivity index (χ4v) is 6.49. The highest BCUT2D eigenvalue weighted by molar-refractivity contribution is 7.85. The second-order valence-corrected chi connectivity index (χ2v) is 15.0. The van der Waals surface area contributed by atoms with Gasteiger partial charge in [-0.15, -0.1) is 0 Å². The van der Waals surface area contributed by atoms with Crippen molar-refractivity contribution in [3.05, 3.63) is 77.1 Å². The summed E-state index contributed by atoms with van der Waals surface area (Å²) in [4.78, 5) is 28.2. The Hall–Kier alpha value is -4.02. The van der Waals surface area contributed by atoms with Gasteiger partial charge in [0.05, 0.1) is 44.4 Å². The number of hydrogen-bond acceptors (Lipinski definition) is 12. The van der Waals surface area contributed by atoms with Crippen molar-refractivity contribution >= 4 is 44.9 Å². The molecule has 0 aliphatic carbocycles. The van der Waals surface area contributed by atoms with Crippen molar-refractivity contribution in [3.63, 3.8) is 0 Å². The number of halogens is 1. The number of likely N-dealkylation sites (tertiary alicyclic amines) is 1. The summed E-state index contributed by atoms with van der Waals surface area (Å²) in [5, 5.41) is 0.575. The molecule has 14 nitrogen and oxygen atoms in total. The van der Waals surface area contributed by atoms with Crippen LogP contribution in [0.1, 0.15) is 38.1 Å². The number of imidazole rings is 1. The number of carbonyl (C=O) groups excluding carboxylic acids is 1. The van der Waals surface area contributed by atoms with E-state index in [1.54, 1.807) is 37.5 Å². The number of hydrogen-bond donors (Lipinski definition) is 1. The van der Waals surface area contributed by atoms with Gasteiger partial charge in [0.2, 0.25) is 11.8 Å². The van der Waals surface area contributed by atoms with Crippen LogP contribution in [0, 0.1) is 5.92 Å². The molecule has 4 heterocycles. The molecule has 48 heavy (non-hydrogen) atoms. The maximum atomic E-state index is 13.4. The van der Waals surface area contributed by atoms with Crippen LogP contribution in [0.5, 0.6) is 5.88 Å². The number of aromatic nitrogens is 4. The summed E-state index contributed by atoms with van der Waals surface area (Å²) in [7, 11) is -3.92. The third kappa shape index (κ3) is 7.50. The molecule has 2 aromatic carbocycles. The number of carbonyl (C=O) groups is 1. The zero-order valence-corrected chi connectivity index (χ0v) is 28.5. The summed E-state index contributed by atoms with van der Waals surface area (Å²) in [5.41, 5.74) is 6.34. The molecule has 2 aliphatic heterocycles. The van der Waals surface area contributed by atoms with E-state index in [4.69, 9.17) is 40.5 Å². The van der Waals surface area contributed by atoms with Crippen molar-refractivity contribution in [2.24, 2.45) is 5.92 Å². The first-order valence-electron chi connectivity index (χ1n) is 15.2. The topological polar surface area (TPSA) is 170 Å². The van der Waals surface area contributed by atoms with E-state index < -0.39 is 52.3 Å². The number of ether oxygens (including phenoxy) is 4. The maximum Gasteiger partial charge on any atom is 0.410 e. The lowest BCUT2D eigenvalue weighted by atomic mass is 9.85. The van der Waals surface area contributed by atoms with Crippen molar-refractivity contribution in [1.82, 2.24) is 24.4 Å². The molecule has 0 spiro atoms. The van der Waals surface area contributed by atoms with Gasteiger partial charge >= 0.3 is 6.09 Å². The summed E-state index contributed by atoms with van der Waals surface area (Å²) in [6.45, 7) is 5.30. The highest BCUT2D eigenvalue weighted by Gasteiger charge is 2.62. The number of benzene rings is 2. The number of nitrogens with two attached hydrogens (primary N) is 1. The first-order valence-corrected chi connectivity index (χ1v) is 17.4. The van der Waals surface area contributed by atoms with Crippen LogP contribution in [0.15, 0.2) is 60.9 Å². The lowest BCUT2D eigenvalue weighted by molar-refractivity contribution is -0.152. The number of rotatable bonds is 10. The molecule has 2 N–H and O–H groups in total. The van der Waals surface area contributed by atoms with E-state index >= 15 is 0 Å². The number of piperidine rings is 1. The van der Waals surface area contributed by atoms with E-state index in [9.17, 15) is 13.2 Å². The molecule has 0 unspecified atom stereocenters. The Balaban J connectivity index is 1.39. The van der Waals surface area contributed by atoms with Crippen LogP contribution >= 0.6 is 11.6 Å². The standard InChI is InChI=1S/C32H37ClN6O8S/c1-31(2,3)47-30(40)38-14-23-25(43-15-21-10-12-22(33)13-11-21)32(17-38,18-45-48(4,41)42)46-28(23)39-19-35-24-26(39)36-29(34)37-27(24)44-16-20-8-6-5-7-9-20/h5-13,19,23,25,28H,14-18H2,1-4H3,(H2,34,36,37)/t23-,25+,28-,32-/m1/s1. The van der Waals surface area contributed by atoms with Gasteiger partial charge in [0.15, 0.2) is 11.2 Å². The van der Waals surface area contributed by atoms with Gasteiger partial charge < -0.3 is 29.6 Å². The Morgan fingerprint density at radius 3 is 2.48 bits per heavy atom. The Morgan fingerprint density at radius 2 is 1.79 bits per heavy atom. The van der Waals surface area contributed by atoms with Crippen LogP contribution < -0.4 is 10.5 Å². The molecule has 2 aromatic heterocycles. The van der Waals surface area contributed by atoms with Gasteiger partial charge in [-0.25, -0.2) is 9.78 Å². The predicted molar refractivity (Wildman–Crippen MR) is 175 cm³/mol. The molecule has 16 heteroatoms. The summed E-state index contributed by atoms with van der Waals surface area (Å²) in [6.07, 6.45) is 0.293. The highest BCUT2D eigenvalue weighted by atomic mass is 35.5. The monoisotopic (exact) mass is 700 g/mol. The Kier molecular flexibility index (Phi) is 9.26. The molecule has 2 aliphatic rings. The summed E-state index contributed by atoms with van der Waals surface area (Å²) in [5.74, 6) is -0.430. The van der Waals surface area contributed by atoms with Gasteiger partial charge in [0.1, 0.15) is 24.0 Å². The first-order chi connectivity index (χ1) is 22.7. The third-order valence-electron chi connectivity index (χ3n) is 7.93. The molecule has 4 atom stereocenters. The number of amides is 1. The minimum atomic E-state index is -3.92. The van der Waals surface area contributed by atoms with Crippen molar-refractivity contribution in [1.29, 1.82) is 0 Å². The van der Waals surface area contributed by atoms with E-state index in [1.807, 2.05) is 42.5 Å². The quantitative estimate of drug-likeness (QED) is 0.233. The number of fused-ring (bicyclic) bond motifs is 3. The van der Waals surface area contributed by atoms with Crippen LogP contribution in [0.2, 0.25) is 5.02 Å². The minimum Gasteiger partial charge on any atom is -0.471 e. The van der Waals surface area contributed by atoms with E-state index in [0.29, 0.717) is 16.2 Å². The van der Waals surface area contributed by atoms with Crippen molar-refractivity contribution in [3.8, 4) is 5.88 Å². The predicted octanol–water partition coefficient (Wildman–Crippen LogP) is 4.34.